The number of aromatic nitrogens is 1. The summed E-state index contributed by atoms with van der Waals surface area (Å²) in [7, 11) is 0. The summed E-state index contributed by atoms with van der Waals surface area (Å²) < 4.78 is 0. The van der Waals surface area contributed by atoms with E-state index in [4.69, 9.17) is 0 Å². The lowest BCUT2D eigenvalue weighted by Gasteiger charge is -2.18. The number of rotatable bonds is 4. The molecule has 0 aliphatic heterocycles. The molecule has 2 atom stereocenters. The second kappa shape index (κ2) is 5.49. The Bertz CT molecular complexity index is 498. The minimum Gasteiger partial charge on any atom is -0.390 e. The first-order valence-corrected chi connectivity index (χ1v) is 6.17. The highest BCUT2D eigenvalue weighted by Crippen LogP contribution is 2.26. The number of aliphatic hydroxyl groups is 2. The molecule has 0 amide bonds. The predicted octanol–water partition coefficient (Wildman–Crippen LogP) is 1.95. The van der Waals surface area contributed by atoms with Gasteiger partial charge in [-0.05, 0) is 17.6 Å². The zero-order valence-electron chi connectivity index (χ0n) is 9.32. The second-order valence-corrected chi connectivity index (χ2v) is 4.42. The third-order valence-corrected chi connectivity index (χ3v) is 3.07. The van der Waals surface area contributed by atoms with Gasteiger partial charge in [0.25, 0.3) is 0 Å². The molecule has 2 aromatic rings. The maximum atomic E-state index is 10.1. The summed E-state index contributed by atoms with van der Waals surface area (Å²) in [6.45, 7) is 0. The molecule has 0 bridgehead atoms. The molecular formula is C13H15NO2S. The Morgan fingerprint density at radius 2 is 1.94 bits per heavy atom. The van der Waals surface area contributed by atoms with E-state index >= 15 is 0 Å². The normalized spacial score (nSPS) is 14.8. The first kappa shape index (κ1) is 12.4. The van der Waals surface area contributed by atoms with E-state index < -0.39 is 12.2 Å². The summed E-state index contributed by atoms with van der Waals surface area (Å²) in [5.41, 5.74) is 0.664. The summed E-state index contributed by atoms with van der Waals surface area (Å²) in [5, 5.41) is 21.8. The van der Waals surface area contributed by atoms with Gasteiger partial charge in [0.15, 0.2) is 0 Å². The SMILES string of the molecule is OC(CCS)C(O)c1cncc2ccccc12. The van der Waals surface area contributed by atoms with E-state index in [0.717, 1.165) is 10.8 Å². The van der Waals surface area contributed by atoms with Crippen LogP contribution in [0.1, 0.15) is 18.1 Å². The molecule has 2 unspecified atom stereocenters. The average molecular weight is 249 g/mol. The quantitative estimate of drug-likeness (QED) is 0.726. The van der Waals surface area contributed by atoms with Crippen LogP contribution in [0.5, 0.6) is 0 Å². The third-order valence-electron chi connectivity index (χ3n) is 2.81. The smallest absolute Gasteiger partial charge is 0.107 e. The molecule has 0 spiro atoms. The van der Waals surface area contributed by atoms with Crippen LogP contribution in [0.15, 0.2) is 36.7 Å². The van der Waals surface area contributed by atoms with Crippen molar-refractivity contribution in [2.45, 2.75) is 18.6 Å². The minimum absolute atomic E-state index is 0.452. The van der Waals surface area contributed by atoms with Crippen LogP contribution in [0.4, 0.5) is 0 Å². The van der Waals surface area contributed by atoms with Crippen molar-refractivity contribution in [1.29, 1.82) is 0 Å². The summed E-state index contributed by atoms with van der Waals surface area (Å²) in [6.07, 6.45) is 2.08. The van der Waals surface area contributed by atoms with E-state index in [-0.39, 0.29) is 0 Å². The zero-order chi connectivity index (χ0) is 12.3. The molecule has 0 aliphatic carbocycles. The van der Waals surface area contributed by atoms with Gasteiger partial charge in [0.1, 0.15) is 6.10 Å². The van der Waals surface area contributed by atoms with Gasteiger partial charge in [0.05, 0.1) is 6.10 Å². The summed E-state index contributed by atoms with van der Waals surface area (Å²) in [5.74, 6) is 0.538. The van der Waals surface area contributed by atoms with Gasteiger partial charge < -0.3 is 10.2 Å². The van der Waals surface area contributed by atoms with Gasteiger partial charge in [-0.3, -0.25) is 4.98 Å². The van der Waals surface area contributed by atoms with Crippen molar-refractivity contribution < 1.29 is 10.2 Å². The van der Waals surface area contributed by atoms with Crippen LogP contribution in [0.3, 0.4) is 0 Å². The van der Waals surface area contributed by atoms with Gasteiger partial charge in [0, 0.05) is 23.3 Å². The van der Waals surface area contributed by atoms with Crippen LogP contribution in [0.2, 0.25) is 0 Å². The Balaban J connectivity index is 2.41. The van der Waals surface area contributed by atoms with Gasteiger partial charge in [-0.1, -0.05) is 24.3 Å². The molecule has 2 rings (SSSR count). The third kappa shape index (κ3) is 2.60. The van der Waals surface area contributed by atoms with E-state index in [1.807, 2.05) is 24.3 Å². The molecule has 1 heterocycles. The number of thiol groups is 1. The number of fused-ring (bicyclic) bond motifs is 1. The highest BCUT2D eigenvalue weighted by molar-refractivity contribution is 7.80. The molecule has 0 saturated carbocycles. The number of aliphatic hydroxyl groups excluding tert-OH is 2. The largest absolute Gasteiger partial charge is 0.390 e. The van der Waals surface area contributed by atoms with Crippen molar-refractivity contribution in [2.24, 2.45) is 0 Å². The molecule has 2 N–H and O–H groups in total. The van der Waals surface area contributed by atoms with Gasteiger partial charge in [-0.15, -0.1) is 0 Å². The molecule has 0 fully saturated rings. The van der Waals surface area contributed by atoms with Crippen molar-refractivity contribution in [2.75, 3.05) is 5.75 Å². The van der Waals surface area contributed by atoms with Crippen LogP contribution in [0, 0.1) is 0 Å². The lowest BCUT2D eigenvalue weighted by molar-refractivity contribution is 0.0179. The molecular weight excluding hydrogens is 234 g/mol. The molecule has 4 heteroatoms. The van der Waals surface area contributed by atoms with E-state index in [1.165, 1.54) is 0 Å². The minimum atomic E-state index is -0.916. The zero-order valence-corrected chi connectivity index (χ0v) is 10.2. The fourth-order valence-corrected chi connectivity index (χ4v) is 2.14. The predicted molar refractivity (Wildman–Crippen MR) is 71.2 cm³/mol. The van der Waals surface area contributed by atoms with Gasteiger partial charge in [-0.25, -0.2) is 0 Å². The van der Waals surface area contributed by atoms with Gasteiger partial charge in [0.2, 0.25) is 0 Å². The topological polar surface area (TPSA) is 53.4 Å². The standard InChI is InChI=1S/C13H15NO2S/c15-12(5-6-17)13(16)11-8-14-7-9-3-1-2-4-10(9)11/h1-4,7-8,12-13,15-17H,5-6H2. The van der Waals surface area contributed by atoms with Crippen LogP contribution >= 0.6 is 12.6 Å². The monoisotopic (exact) mass is 249 g/mol. The van der Waals surface area contributed by atoms with E-state index in [0.29, 0.717) is 17.7 Å². The molecule has 1 aromatic heterocycles. The lowest BCUT2D eigenvalue weighted by atomic mass is 9.99. The Morgan fingerprint density at radius 3 is 2.71 bits per heavy atom. The van der Waals surface area contributed by atoms with Crippen LogP contribution in [-0.4, -0.2) is 27.1 Å². The fraction of sp³-hybridized carbons (Fsp3) is 0.308. The van der Waals surface area contributed by atoms with E-state index in [9.17, 15) is 10.2 Å². The maximum absolute atomic E-state index is 10.1. The average Bonchev–Trinajstić information content (AvgIpc) is 2.37. The van der Waals surface area contributed by atoms with Crippen molar-refractivity contribution in [1.82, 2.24) is 4.98 Å². The van der Waals surface area contributed by atoms with Crippen LogP contribution in [0.25, 0.3) is 10.8 Å². The number of nitrogens with zero attached hydrogens (tertiary/aromatic N) is 1. The number of hydrogen-bond acceptors (Lipinski definition) is 4. The Hall–Kier alpha value is -1.10. The molecule has 90 valence electrons. The van der Waals surface area contributed by atoms with Crippen molar-refractivity contribution in [3.05, 3.63) is 42.2 Å². The van der Waals surface area contributed by atoms with Crippen molar-refractivity contribution >= 4 is 23.4 Å². The number of hydrogen-bond donors (Lipinski definition) is 3. The van der Waals surface area contributed by atoms with Crippen LogP contribution < -0.4 is 0 Å². The molecule has 0 aliphatic rings. The summed E-state index contributed by atoms with van der Waals surface area (Å²) in [6, 6.07) is 7.68. The highest BCUT2D eigenvalue weighted by atomic mass is 32.1. The number of benzene rings is 1. The van der Waals surface area contributed by atoms with Crippen molar-refractivity contribution in [3.63, 3.8) is 0 Å². The summed E-state index contributed by atoms with van der Waals surface area (Å²) in [4.78, 5) is 4.09. The molecule has 3 nitrogen and oxygen atoms in total. The van der Waals surface area contributed by atoms with Gasteiger partial charge >= 0.3 is 0 Å². The van der Waals surface area contributed by atoms with E-state index in [1.54, 1.807) is 12.4 Å². The molecule has 1 aromatic carbocycles. The van der Waals surface area contributed by atoms with E-state index in [2.05, 4.69) is 17.6 Å². The Labute approximate surface area is 106 Å². The molecule has 17 heavy (non-hydrogen) atoms. The van der Waals surface area contributed by atoms with Crippen molar-refractivity contribution in [3.8, 4) is 0 Å². The fourth-order valence-electron chi connectivity index (χ4n) is 1.87. The second-order valence-electron chi connectivity index (χ2n) is 3.97. The first-order valence-electron chi connectivity index (χ1n) is 5.53. The highest BCUT2D eigenvalue weighted by Gasteiger charge is 2.19. The Morgan fingerprint density at radius 1 is 1.18 bits per heavy atom. The first-order chi connectivity index (χ1) is 8.24. The Kier molecular flexibility index (Phi) is 3.99. The maximum Gasteiger partial charge on any atom is 0.107 e. The lowest BCUT2D eigenvalue weighted by Crippen LogP contribution is -2.19. The number of pyridine rings is 1. The van der Waals surface area contributed by atoms with Gasteiger partial charge in [-0.2, -0.15) is 12.6 Å². The molecule has 0 saturated heterocycles. The molecule has 0 radical (unpaired) electrons. The summed E-state index contributed by atoms with van der Waals surface area (Å²) >= 11 is 4.05. The van der Waals surface area contributed by atoms with Crippen LogP contribution in [-0.2, 0) is 0 Å².